The van der Waals surface area contributed by atoms with Gasteiger partial charge in [0.15, 0.2) is 11.5 Å². The number of rotatable bonds is 4. The summed E-state index contributed by atoms with van der Waals surface area (Å²) in [7, 11) is -3.66. The van der Waals surface area contributed by atoms with Crippen molar-refractivity contribution < 1.29 is 23.0 Å². The maximum absolute atomic E-state index is 13.1. The summed E-state index contributed by atoms with van der Waals surface area (Å²) in [6.45, 7) is 1.72. The Hall–Kier alpha value is -1.61. The first-order chi connectivity index (χ1) is 12.6. The van der Waals surface area contributed by atoms with Gasteiger partial charge in [0.1, 0.15) is 0 Å². The second kappa shape index (κ2) is 7.19. The number of nitrogens with zero attached hydrogens (tertiary/aromatic N) is 1. The smallest absolute Gasteiger partial charge is 0.243 e. The molecular formula is C18H21NO5S2. The maximum Gasteiger partial charge on any atom is 0.243 e. The van der Waals surface area contributed by atoms with Crippen LogP contribution in [0.3, 0.4) is 0 Å². The normalized spacial score (nSPS) is 23.7. The number of aliphatic hydroxyl groups excluding tert-OH is 1. The van der Waals surface area contributed by atoms with Crippen LogP contribution in [-0.2, 0) is 10.0 Å². The van der Waals surface area contributed by atoms with E-state index in [1.807, 2.05) is 16.8 Å². The van der Waals surface area contributed by atoms with E-state index >= 15 is 0 Å². The quantitative estimate of drug-likeness (QED) is 0.860. The monoisotopic (exact) mass is 395 g/mol. The van der Waals surface area contributed by atoms with Gasteiger partial charge in [-0.15, -0.1) is 0 Å². The van der Waals surface area contributed by atoms with Gasteiger partial charge in [-0.05, 0) is 34.5 Å². The van der Waals surface area contributed by atoms with Crippen molar-refractivity contribution in [2.75, 3.05) is 32.9 Å². The molecule has 1 aromatic carbocycles. The molecule has 0 amide bonds. The van der Waals surface area contributed by atoms with Crippen LogP contribution < -0.4 is 9.47 Å². The molecule has 26 heavy (non-hydrogen) atoms. The summed E-state index contributed by atoms with van der Waals surface area (Å²) >= 11 is 1.58. The van der Waals surface area contributed by atoms with E-state index < -0.39 is 10.0 Å². The van der Waals surface area contributed by atoms with Crippen molar-refractivity contribution in [1.29, 1.82) is 0 Å². The van der Waals surface area contributed by atoms with Gasteiger partial charge >= 0.3 is 0 Å². The maximum atomic E-state index is 13.1. The molecule has 8 heteroatoms. The van der Waals surface area contributed by atoms with E-state index in [1.54, 1.807) is 29.5 Å². The second-order valence-electron chi connectivity index (χ2n) is 6.59. The predicted octanol–water partition coefficient (Wildman–Crippen LogP) is 2.31. The number of fused-ring (bicyclic) bond motifs is 1. The molecule has 0 spiro atoms. The zero-order valence-corrected chi connectivity index (χ0v) is 15.8. The molecule has 1 fully saturated rings. The fourth-order valence-corrected chi connectivity index (χ4v) is 5.79. The molecule has 140 valence electrons. The number of aliphatic hydroxyl groups is 1. The molecule has 0 saturated carbocycles. The number of benzene rings is 1. The molecule has 3 heterocycles. The molecule has 1 saturated heterocycles. The minimum atomic E-state index is -3.66. The van der Waals surface area contributed by atoms with Crippen molar-refractivity contribution in [2.24, 2.45) is 5.92 Å². The van der Waals surface area contributed by atoms with Crippen molar-refractivity contribution >= 4 is 21.4 Å². The molecule has 0 bridgehead atoms. The first kappa shape index (κ1) is 17.8. The van der Waals surface area contributed by atoms with Gasteiger partial charge in [0, 0.05) is 44.0 Å². The Morgan fingerprint density at radius 3 is 2.69 bits per heavy atom. The highest BCUT2D eigenvalue weighted by Crippen LogP contribution is 2.38. The summed E-state index contributed by atoms with van der Waals surface area (Å²) < 4.78 is 38.9. The van der Waals surface area contributed by atoms with Crippen LogP contribution in [0.5, 0.6) is 11.5 Å². The van der Waals surface area contributed by atoms with E-state index in [1.165, 1.54) is 4.31 Å². The first-order valence-corrected chi connectivity index (χ1v) is 11.0. The summed E-state index contributed by atoms with van der Waals surface area (Å²) in [6.07, 6.45) is 0.767. The third-order valence-corrected chi connectivity index (χ3v) is 7.50. The molecule has 1 aromatic heterocycles. The van der Waals surface area contributed by atoms with E-state index in [-0.39, 0.29) is 23.3 Å². The molecule has 0 radical (unpaired) electrons. The Labute approximate surface area is 157 Å². The summed E-state index contributed by atoms with van der Waals surface area (Å²) in [5, 5.41) is 13.7. The van der Waals surface area contributed by atoms with Crippen molar-refractivity contribution in [3.05, 3.63) is 40.6 Å². The summed E-state index contributed by atoms with van der Waals surface area (Å²) in [6, 6.07) is 6.77. The molecule has 1 N–H and O–H groups in total. The number of ether oxygens (including phenoxy) is 2. The predicted molar refractivity (Wildman–Crippen MR) is 98.4 cm³/mol. The second-order valence-corrected chi connectivity index (χ2v) is 9.30. The van der Waals surface area contributed by atoms with Gasteiger partial charge in [-0.1, -0.05) is 0 Å². The van der Waals surface area contributed by atoms with E-state index in [4.69, 9.17) is 9.47 Å². The lowest BCUT2D eigenvalue weighted by atomic mass is 9.92. The number of sulfonamides is 1. The Balaban J connectivity index is 1.62. The summed E-state index contributed by atoms with van der Waals surface area (Å²) in [5.74, 6) is 0.962. The first-order valence-electron chi connectivity index (χ1n) is 8.62. The molecule has 0 aliphatic carbocycles. The third-order valence-electron chi connectivity index (χ3n) is 4.97. The van der Waals surface area contributed by atoms with Crippen LogP contribution in [0.2, 0.25) is 0 Å². The number of thiophene rings is 1. The molecule has 2 aliphatic heterocycles. The van der Waals surface area contributed by atoms with Crippen LogP contribution in [0.25, 0.3) is 0 Å². The highest BCUT2D eigenvalue weighted by atomic mass is 32.2. The standard InChI is InChI=1S/C18H21NO5S2/c20-11-14-9-19(10-16(14)13-4-7-25-12-13)26(21,22)15-2-3-17-18(8-15)24-6-1-5-23-17/h2-4,7-8,12,14,16,20H,1,5-6,9-11H2/t14-,16-/m1/s1. The van der Waals surface area contributed by atoms with Gasteiger partial charge in [0.25, 0.3) is 0 Å². The van der Waals surface area contributed by atoms with E-state index in [9.17, 15) is 13.5 Å². The Kier molecular flexibility index (Phi) is 4.92. The molecule has 2 aliphatic rings. The topological polar surface area (TPSA) is 76.1 Å². The average Bonchev–Trinajstić information content (AvgIpc) is 3.26. The van der Waals surface area contributed by atoms with Crippen molar-refractivity contribution in [1.82, 2.24) is 4.31 Å². The molecule has 0 unspecified atom stereocenters. The lowest BCUT2D eigenvalue weighted by molar-refractivity contribution is 0.223. The van der Waals surface area contributed by atoms with Gasteiger partial charge in [0.05, 0.1) is 18.1 Å². The zero-order valence-electron chi connectivity index (χ0n) is 14.2. The van der Waals surface area contributed by atoms with E-state index in [2.05, 4.69) is 0 Å². The van der Waals surface area contributed by atoms with E-state index in [0.29, 0.717) is 37.8 Å². The minimum absolute atomic E-state index is 0.0152. The SMILES string of the molecule is O=S(=O)(c1ccc2c(c1)OCCCO2)N1C[C@H](CO)[C@@H](c2ccsc2)C1. The van der Waals surface area contributed by atoms with Crippen LogP contribution in [-0.4, -0.2) is 50.7 Å². The molecule has 2 aromatic rings. The van der Waals surface area contributed by atoms with Gasteiger partial charge in [-0.25, -0.2) is 8.42 Å². The van der Waals surface area contributed by atoms with Gasteiger partial charge in [-0.2, -0.15) is 15.6 Å². The Morgan fingerprint density at radius 1 is 1.15 bits per heavy atom. The molecule has 4 rings (SSSR count). The highest BCUT2D eigenvalue weighted by molar-refractivity contribution is 7.89. The zero-order chi connectivity index (χ0) is 18.1. The average molecular weight is 396 g/mol. The Morgan fingerprint density at radius 2 is 1.96 bits per heavy atom. The van der Waals surface area contributed by atoms with Gasteiger partial charge in [0.2, 0.25) is 10.0 Å². The third kappa shape index (κ3) is 3.22. The fraction of sp³-hybridized carbons (Fsp3) is 0.444. The largest absolute Gasteiger partial charge is 0.490 e. The number of hydrogen-bond donors (Lipinski definition) is 1. The summed E-state index contributed by atoms with van der Waals surface area (Å²) in [5.41, 5.74) is 1.09. The van der Waals surface area contributed by atoms with Crippen LogP contribution in [0, 0.1) is 5.92 Å². The lowest BCUT2D eigenvalue weighted by Crippen LogP contribution is -2.29. The van der Waals surface area contributed by atoms with Crippen LogP contribution >= 0.6 is 11.3 Å². The van der Waals surface area contributed by atoms with Crippen LogP contribution in [0.1, 0.15) is 17.9 Å². The van der Waals surface area contributed by atoms with Crippen molar-refractivity contribution in [3.8, 4) is 11.5 Å². The van der Waals surface area contributed by atoms with Gasteiger partial charge in [-0.3, -0.25) is 0 Å². The Bertz CT molecular complexity index is 866. The van der Waals surface area contributed by atoms with E-state index in [0.717, 1.165) is 12.0 Å². The lowest BCUT2D eigenvalue weighted by Gasteiger charge is -2.17. The number of hydrogen-bond acceptors (Lipinski definition) is 6. The van der Waals surface area contributed by atoms with Crippen LogP contribution in [0.15, 0.2) is 39.9 Å². The van der Waals surface area contributed by atoms with Crippen molar-refractivity contribution in [3.63, 3.8) is 0 Å². The molecular weight excluding hydrogens is 374 g/mol. The van der Waals surface area contributed by atoms with Crippen LogP contribution in [0.4, 0.5) is 0 Å². The molecule has 6 nitrogen and oxygen atoms in total. The summed E-state index contributed by atoms with van der Waals surface area (Å²) in [4.78, 5) is 0.199. The van der Waals surface area contributed by atoms with Crippen molar-refractivity contribution in [2.45, 2.75) is 17.2 Å². The van der Waals surface area contributed by atoms with Gasteiger partial charge < -0.3 is 14.6 Å². The molecule has 2 atom stereocenters. The highest BCUT2D eigenvalue weighted by Gasteiger charge is 2.40. The minimum Gasteiger partial charge on any atom is -0.490 e. The fourth-order valence-electron chi connectivity index (χ4n) is 3.53.